The first-order valence-electron chi connectivity index (χ1n) is 12.1. The summed E-state index contributed by atoms with van der Waals surface area (Å²) >= 11 is 0. The van der Waals surface area contributed by atoms with Crippen molar-refractivity contribution in [3.05, 3.63) is 61.4 Å². The summed E-state index contributed by atoms with van der Waals surface area (Å²) in [6.45, 7) is 8.53. The molecule has 0 radical (unpaired) electrons. The molecule has 1 aromatic carbocycles. The number of ether oxygens (including phenoxy) is 1. The number of rotatable bonds is 2. The summed E-state index contributed by atoms with van der Waals surface area (Å²) in [5, 5.41) is 12.3. The van der Waals surface area contributed by atoms with Crippen LogP contribution in [0.3, 0.4) is 0 Å². The molecule has 2 unspecified atom stereocenters. The summed E-state index contributed by atoms with van der Waals surface area (Å²) in [6, 6.07) is 3.80. The molecule has 7 heteroatoms. The molecule has 0 bridgehead atoms. The molecular formula is C27H29N3O4. The second kappa shape index (κ2) is 6.99. The largest absolute Gasteiger partial charge is 0.458 e. The van der Waals surface area contributed by atoms with Crippen molar-refractivity contribution < 1.29 is 14.6 Å². The van der Waals surface area contributed by atoms with Crippen LogP contribution in [-0.2, 0) is 34.7 Å². The number of pyridine rings is 2. The molecule has 176 valence electrons. The average molecular weight is 460 g/mol. The van der Waals surface area contributed by atoms with E-state index >= 15 is 0 Å². The summed E-state index contributed by atoms with van der Waals surface area (Å²) in [5.41, 5.74) is 13.5. The van der Waals surface area contributed by atoms with E-state index in [1.54, 1.807) is 17.6 Å². The minimum Gasteiger partial charge on any atom is -0.458 e. The highest BCUT2D eigenvalue weighted by molar-refractivity contribution is 5.93. The Morgan fingerprint density at radius 3 is 2.74 bits per heavy atom. The monoisotopic (exact) mass is 459 g/mol. The Morgan fingerprint density at radius 1 is 1.26 bits per heavy atom. The van der Waals surface area contributed by atoms with Crippen LogP contribution in [0.1, 0.15) is 84.5 Å². The first-order chi connectivity index (χ1) is 16.2. The summed E-state index contributed by atoms with van der Waals surface area (Å²) in [4.78, 5) is 31.1. The molecule has 3 aliphatic rings. The number of hydrogen-bond acceptors (Lipinski definition) is 6. The second-order valence-corrected chi connectivity index (χ2v) is 10.2. The minimum absolute atomic E-state index is 0.121. The highest BCUT2D eigenvalue weighted by Gasteiger charge is 2.45. The molecule has 0 saturated carbocycles. The lowest BCUT2D eigenvalue weighted by Gasteiger charge is -2.31. The van der Waals surface area contributed by atoms with Crippen molar-refractivity contribution in [3.8, 4) is 11.4 Å². The minimum atomic E-state index is -1.83. The molecule has 0 spiro atoms. The Kier molecular flexibility index (Phi) is 4.42. The predicted molar refractivity (Wildman–Crippen MR) is 129 cm³/mol. The number of hydrogen-bond donors (Lipinski definition) is 2. The van der Waals surface area contributed by atoms with E-state index < -0.39 is 11.6 Å². The zero-order valence-electron chi connectivity index (χ0n) is 20.0. The number of aromatic nitrogens is 2. The van der Waals surface area contributed by atoms with E-state index in [0.29, 0.717) is 29.3 Å². The molecule has 7 nitrogen and oxygen atoms in total. The fraction of sp³-hybridized carbons (Fsp3) is 0.444. The van der Waals surface area contributed by atoms with Crippen LogP contribution < -0.4 is 11.3 Å². The maximum Gasteiger partial charge on any atom is 0.343 e. The quantitative estimate of drug-likeness (QED) is 0.445. The number of aliphatic hydroxyl groups is 1. The number of carbonyl (C=O) groups is 1. The zero-order chi connectivity index (χ0) is 24.1. The van der Waals surface area contributed by atoms with Gasteiger partial charge in [0.05, 0.1) is 29.0 Å². The van der Waals surface area contributed by atoms with Crippen LogP contribution in [0.15, 0.2) is 16.9 Å². The van der Waals surface area contributed by atoms with Gasteiger partial charge in [-0.1, -0.05) is 20.8 Å². The van der Waals surface area contributed by atoms with Gasteiger partial charge in [-0.05, 0) is 66.5 Å². The number of aryl methyl sites for hydroxylation is 1. The van der Waals surface area contributed by atoms with Gasteiger partial charge in [0.25, 0.3) is 5.56 Å². The Balaban J connectivity index is 1.70. The highest BCUT2D eigenvalue weighted by Crippen LogP contribution is 2.45. The predicted octanol–water partition coefficient (Wildman–Crippen LogP) is 3.46. The Bertz CT molecular complexity index is 1490. The lowest BCUT2D eigenvalue weighted by molar-refractivity contribution is -0.172. The van der Waals surface area contributed by atoms with Crippen LogP contribution in [0.4, 0.5) is 0 Å². The van der Waals surface area contributed by atoms with Gasteiger partial charge in [0.1, 0.15) is 6.61 Å². The summed E-state index contributed by atoms with van der Waals surface area (Å²) in [5.74, 6) is -0.349. The van der Waals surface area contributed by atoms with E-state index in [-0.39, 0.29) is 24.6 Å². The Labute approximate surface area is 197 Å². The van der Waals surface area contributed by atoms with Crippen LogP contribution >= 0.6 is 0 Å². The van der Waals surface area contributed by atoms with Crippen LogP contribution in [0, 0.1) is 6.92 Å². The normalized spacial score (nSPS) is 22.6. The third-order valence-electron chi connectivity index (χ3n) is 8.15. The van der Waals surface area contributed by atoms with Crippen LogP contribution in [-0.4, -0.2) is 20.6 Å². The van der Waals surface area contributed by atoms with Crippen molar-refractivity contribution in [1.82, 2.24) is 9.55 Å². The van der Waals surface area contributed by atoms with Gasteiger partial charge in [0.15, 0.2) is 5.60 Å². The third kappa shape index (κ3) is 2.57. The number of carbonyl (C=O) groups excluding carboxylic acids is 1. The maximum absolute atomic E-state index is 13.5. The highest BCUT2D eigenvalue weighted by atomic mass is 16.6. The number of esters is 1. The van der Waals surface area contributed by atoms with Crippen LogP contribution in [0.2, 0.25) is 0 Å². The Morgan fingerprint density at radius 2 is 2.03 bits per heavy atom. The van der Waals surface area contributed by atoms with E-state index in [0.717, 1.165) is 40.6 Å². The van der Waals surface area contributed by atoms with Crippen molar-refractivity contribution in [2.45, 2.75) is 77.7 Å². The number of cyclic esters (lactones) is 1. The number of nitrogens with two attached hydrogens (primary N) is 1. The molecule has 0 fully saturated rings. The van der Waals surface area contributed by atoms with Gasteiger partial charge >= 0.3 is 5.97 Å². The first-order valence-corrected chi connectivity index (χ1v) is 12.1. The smallest absolute Gasteiger partial charge is 0.343 e. The summed E-state index contributed by atoms with van der Waals surface area (Å²) < 4.78 is 6.88. The van der Waals surface area contributed by atoms with Gasteiger partial charge in [-0.2, -0.15) is 0 Å². The number of nitrogens with zero attached hydrogens (tertiary/aromatic N) is 2. The standard InChI is InChI=1S/C27H29N3O4/c1-5-27(33)18-9-21-24-16(10-30(21)25(31)17(18)11-34-26(27)32)22-19(28)7-6-14-13(4)15(12(2)3)8-20(29-24)23(14)22/h8-9,12,19,33H,5-7,10-11,28H2,1-4H3. The van der Waals surface area contributed by atoms with Crippen LogP contribution in [0.25, 0.3) is 22.3 Å². The molecule has 2 aliphatic heterocycles. The van der Waals surface area contributed by atoms with Gasteiger partial charge in [0, 0.05) is 22.6 Å². The van der Waals surface area contributed by atoms with Gasteiger partial charge < -0.3 is 20.1 Å². The van der Waals surface area contributed by atoms with Gasteiger partial charge in [-0.3, -0.25) is 4.79 Å². The fourth-order valence-electron chi connectivity index (χ4n) is 6.25. The molecule has 2 aromatic heterocycles. The van der Waals surface area contributed by atoms with Crippen molar-refractivity contribution in [2.75, 3.05) is 0 Å². The van der Waals surface area contributed by atoms with Crippen LogP contribution in [0.5, 0.6) is 0 Å². The fourth-order valence-corrected chi connectivity index (χ4v) is 6.25. The van der Waals surface area contributed by atoms with Gasteiger partial charge in [0.2, 0.25) is 0 Å². The maximum atomic E-state index is 13.5. The lowest BCUT2D eigenvalue weighted by atomic mass is 9.79. The van der Waals surface area contributed by atoms with Crippen molar-refractivity contribution >= 4 is 16.9 Å². The van der Waals surface area contributed by atoms with E-state index in [9.17, 15) is 14.7 Å². The number of fused-ring (bicyclic) bond motifs is 5. The van der Waals surface area contributed by atoms with E-state index in [2.05, 4.69) is 26.8 Å². The SMILES string of the molecule is CCC1(O)C(=O)OCc2c1cc1n(c2=O)Cc2c-1nc1cc(C(C)C)c(C)c3c1c2C(N)CC3. The van der Waals surface area contributed by atoms with E-state index in [1.807, 2.05) is 0 Å². The molecule has 0 saturated heterocycles. The third-order valence-corrected chi connectivity index (χ3v) is 8.15. The van der Waals surface area contributed by atoms with E-state index in [4.69, 9.17) is 15.5 Å². The average Bonchev–Trinajstić information content (AvgIpc) is 3.18. The molecule has 6 rings (SSSR count). The summed E-state index contributed by atoms with van der Waals surface area (Å²) in [7, 11) is 0. The van der Waals surface area contributed by atoms with Gasteiger partial charge in [-0.15, -0.1) is 0 Å². The topological polar surface area (TPSA) is 107 Å². The molecule has 2 atom stereocenters. The second-order valence-electron chi connectivity index (χ2n) is 10.2. The lowest BCUT2D eigenvalue weighted by Crippen LogP contribution is -2.44. The van der Waals surface area contributed by atoms with Crippen molar-refractivity contribution in [2.24, 2.45) is 5.73 Å². The molecule has 0 amide bonds. The number of benzene rings is 1. The van der Waals surface area contributed by atoms with E-state index in [1.165, 1.54) is 16.7 Å². The molecule has 34 heavy (non-hydrogen) atoms. The van der Waals surface area contributed by atoms with Crippen molar-refractivity contribution in [1.29, 1.82) is 0 Å². The molecule has 4 heterocycles. The molecule has 3 aromatic rings. The molecule has 1 aliphatic carbocycles. The summed E-state index contributed by atoms with van der Waals surface area (Å²) in [6.07, 6.45) is 1.89. The van der Waals surface area contributed by atoms with Crippen molar-refractivity contribution in [3.63, 3.8) is 0 Å². The molecular weight excluding hydrogens is 430 g/mol. The zero-order valence-corrected chi connectivity index (χ0v) is 20.0. The first kappa shape index (κ1) is 21.5. The molecule has 3 N–H and O–H groups in total. The van der Waals surface area contributed by atoms with Gasteiger partial charge in [-0.25, -0.2) is 9.78 Å². The Hall–Kier alpha value is -3.03.